The van der Waals surface area contributed by atoms with Gasteiger partial charge in [-0.15, -0.1) is 12.4 Å². The van der Waals surface area contributed by atoms with Crippen molar-refractivity contribution in [1.29, 1.82) is 0 Å². The fourth-order valence-electron chi connectivity index (χ4n) is 2.62. The van der Waals surface area contributed by atoms with Gasteiger partial charge in [0.15, 0.2) is 0 Å². The van der Waals surface area contributed by atoms with Crippen molar-refractivity contribution in [1.82, 2.24) is 9.62 Å². The summed E-state index contributed by atoms with van der Waals surface area (Å²) in [6.45, 7) is 2.22. The lowest BCUT2D eigenvalue weighted by Gasteiger charge is -2.19. The van der Waals surface area contributed by atoms with E-state index in [1.165, 1.54) is 14.1 Å². The Kier molecular flexibility index (Phi) is 7.83. The zero-order chi connectivity index (χ0) is 17.9. The van der Waals surface area contributed by atoms with E-state index in [0.29, 0.717) is 13.0 Å². The first-order valence-electron chi connectivity index (χ1n) is 7.94. The van der Waals surface area contributed by atoms with E-state index in [1.807, 2.05) is 6.92 Å². The first kappa shape index (κ1) is 21.9. The summed E-state index contributed by atoms with van der Waals surface area (Å²) in [5, 5.41) is 2.88. The molecule has 1 unspecified atom stereocenters. The molecule has 3 atom stereocenters. The van der Waals surface area contributed by atoms with Crippen LogP contribution in [0.2, 0.25) is 0 Å². The third kappa shape index (κ3) is 5.15. The van der Waals surface area contributed by atoms with Crippen molar-refractivity contribution in [2.75, 3.05) is 20.6 Å². The first-order chi connectivity index (χ1) is 11.3. The van der Waals surface area contributed by atoms with Crippen molar-refractivity contribution in [2.24, 2.45) is 5.73 Å². The van der Waals surface area contributed by atoms with Gasteiger partial charge in [-0.3, -0.25) is 4.79 Å². The topological polar surface area (TPSA) is 102 Å². The zero-order valence-corrected chi connectivity index (χ0v) is 16.3. The number of ether oxygens (including phenoxy) is 1. The molecule has 1 aliphatic rings. The lowest BCUT2D eigenvalue weighted by atomic mass is 10.1. The predicted octanol–water partition coefficient (Wildman–Crippen LogP) is 1.04. The van der Waals surface area contributed by atoms with Crippen LogP contribution < -0.4 is 11.1 Å². The van der Waals surface area contributed by atoms with Crippen LogP contribution in [0.4, 0.5) is 0 Å². The molecule has 1 aromatic rings. The lowest BCUT2D eigenvalue weighted by molar-refractivity contribution is -0.132. The van der Waals surface area contributed by atoms with E-state index < -0.39 is 16.1 Å². The van der Waals surface area contributed by atoms with Gasteiger partial charge in [-0.05, 0) is 37.5 Å². The Bertz CT molecular complexity index is 696. The van der Waals surface area contributed by atoms with Gasteiger partial charge in [0.2, 0.25) is 15.9 Å². The Hall–Kier alpha value is -1.19. The highest BCUT2D eigenvalue weighted by Crippen LogP contribution is 2.22. The highest BCUT2D eigenvalue weighted by molar-refractivity contribution is 7.89. The molecule has 1 saturated heterocycles. The maximum Gasteiger partial charge on any atom is 0.249 e. The van der Waals surface area contributed by atoms with Crippen molar-refractivity contribution in [2.45, 2.75) is 42.9 Å². The molecule has 0 saturated carbocycles. The number of nitrogens with zero attached hydrogens (tertiary/aromatic N) is 1. The lowest BCUT2D eigenvalue weighted by Crippen LogP contribution is -2.37. The van der Waals surface area contributed by atoms with Gasteiger partial charge >= 0.3 is 0 Å². The standard InChI is InChI=1S/C16H25N3O4S.ClH/c1-11(18-16(20)15-8-7-13(10-17)23-15)12-5-4-6-14(9-12)24(21,22)19(2)3;/h4-6,9,11,13,15H,7-8,10,17H2,1-3H3,(H,18,20);1H/t11?,13-,15+;/m1./s1. The third-order valence-corrected chi connectivity index (χ3v) is 5.97. The van der Waals surface area contributed by atoms with Crippen LogP contribution in [0.1, 0.15) is 31.4 Å². The number of sulfonamides is 1. The molecule has 1 amide bonds. The number of carbonyl (C=O) groups excluding carboxylic acids is 1. The number of nitrogens with two attached hydrogens (primary N) is 1. The van der Waals surface area contributed by atoms with Crippen LogP contribution >= 0.6 is 12.4 Å². The summed E-state index contributed by atoms with van der Waals surface area (Å²) in [7, 11) is -0.536. The SMILES string of the molecule is CC(NC(=O)[C@@H]1CC[C@H](CN)O1)c1cccc(S(=O)(=O)N(C)C)c1.Cl. The van der Waals surface area contributed by atoms with Gasteiger partial charge in [0, 0.05) is 20.6 Å². The first-order valence-corrected chi connectivity index (χ1v) is 9.38. The van der Waals surface area contributed by atoms with E-state index in [2.05, 4.69) is 5.32 Å². The highest BCUT2D eigenvalue weighted by Gasteiger charge is 2.30. The fraction of sp³-hybridized carbons (Fsp3) is 0.562. The fourth-order valence-corrected chi connectivity index (χ4v) is 3.57. The smallest absolute Gasteiger partial charge is 0.249 e. The van der Waals surface area contributed by atoms with Crippen LogP contribution in [-0.4, -0.2) is 51.5 Å². The molecule has 142 valence electrons. The van der Waals surface area contributed by atoms with Gasteiger partial charge in [0.1, 0.15) is 6.10 Å². The average Bonchev–Trinajstić information content (AvgIpc) is 3.04. The summed E-state index contributed by atoms with van der Waals surface area (Å²) in [6.07, 6.45) is 0.869. The Morgan fingerprint density at radius 2 is 2.08 bits per heavy atom. The molecule has 0 radical (unpaired) electrons. The molecular formula is C16H26ClN3O4S. The molecule has 1 fully saturated rings. The molecule has 1 heterocycles. The van der Waals surface area contributed by atoms with Gasteiger partial charge in [-0.25, -0.2) is 12.7 Å². The monoisotopic (exact) mass is 391 g/mol. The Morgan fingerprint density at radius 1 is 1.40 bits per heavy atom. The van der Waals surface area contributed by atoms with Crippen molar-refractivity contribution < 1.29 is 17.9 Å². The molecule has 1 aliphatic heterocycles. The van der Waals surface area contributed by atoms with Gasteiger partial charge < -0.3 is 15.8 Å². The predicted molar refractivity (Wildman–Crippen MR) is 98.1 cm³/mol. The molecule has 3 N–H and O–H groups in total. The summed E-state index contributed by atoms with van der Waals surface area (Å²) >= 11 is 0. The number of hydrogen-bond donors (Lipinski definition) is 2. The number of benzene rings is 1. The average molecular weight is 392 g/mol. The number of halogens is 1. The van der Waals surface area contributed by atoms with E-state index in [1.54, 1.807) is 24.3 Å². The number of carbonyl (C=O) groups is 1. The Morgan fingerprint density at radius 3 is 2.64 bits per heavy atom. The van der Waals surface area contributed by atoms with Gasteiger partial charge in [-0.1, -0.05) is 12.1 Å². The summed E-state index contributed by atoms with van der Waals surface area (Å²) in [5.41, 5.74) is 6.27. The van der Waals surface area contributed by atoms with Crippen LogP contribution in [0.5, 0.6) is 0 Å². The molecular weight excluding hydrogens is 366 g/mol. The molecule has 7 nitrogen and oxygen atoms in total. The van der Waals surface area contributed by atoms with Crippen LogP contribution in [0.15, 0.2) is 29.2 Å². The van der Waals surface area contributed by atoms with E-state index in [9.17, 15) is 13.2 Å². The van der Waals surface area contributed by atoms with Crippen molar-refractivity contribution >= 4 is 28.3 Å². The van der Waals surface area contributed by atoms with Crippen molar-refractivity contribution in [3.63, 3.8) is 0 Å². The second-order valence-electron chi connectivity index (χ2n) is 6.15. The second kappa shape index (κ2) is 8.95. The van der Waals surface area contributed by atoms with Crippen LogP contribution in [-0.2, 0) is 19.6 Å². The maximum atomic E-state index is 12.3. The summed E-state index contributed by atoms with van der Waals surface area (Å²) in [4.78, 5) is 12.5. The molecule has 0 bridgehead atoms. The maximum absolute atomic E-state index is 12.3. The largest absolute Gasteiger partial charge is 0.364 e. The van der Waals surface area contributed by atoms with Crippen molar-refractivity contribution in [3.8, 4) is 0 Å². The van der Waals surface area contributed by atoms with Gasteiger partial charge in [-0.2, -0.15) is 0 Å². The van der Waals surface area contributed by atoms with E-state index in [0.717, 1.165) is 16.3 Å². The minimum absolute atomic E-state index is 0. The number of nitrogens with one attached hydrogen (secondary N) is 1. The normalized spacial score (nSPS) is 21.6. The van der Waals surface area contributed by atoms with Gasteiger partial charge in [0.05, 0.1) is 17.0 Å². The highest BCUT2D eigenvalue weighted by atomic mass is 35.5. The molecule has 0 aromatic heterocycles. The summed E-state index contributed by atoms with van der Waals surface area (Å²) in [5.74, 6) is -0.195. The quantitative estimate of drug-likeness (QED) is 0.754. The van der Waals surface area contributed by atoms with Gasteiger partial charge in [0.25, 0.3) is 0 Å². The number of amides is 1. The van der Waals surface area contributed by atoms with Crippen molar-refractivity contribution in [3.05, 3.63) is 29.8 Å². The molecule has 25 heavy (non-hydrogen) atoms. The zero-order valence-electron chi connectivity index (χ0n) is 14.6. The number of hydrogen-bond acceptors (Lipinski definition) is 5. The third-order valence-electron chi connectivity index (χ3n) is 4.16. The molecule has 0 spiro atoms. The Labute approximate surface area is 155 Å². The molecule has 0 aliphatic carbocycles. The van der Waals surface area contributed by atoms with E-state index >= 15 is 0 Å². The van der Waals surface area contributed by atoms with Crippen LogP contribution in [0.25, 0.3) is 0 Å². The van der Waals surface area contributed by atoms with Crippen LogP contribution in [0, 0.1) is 0 Å². The van der Waals surface area contributed by atoms with E-state index in [-0.39, 0.29) is 35.4 Å². The minimum atomic E-state index is -3.51. The second-order valence-corrected chi connectivity index (χ2v) is 8.30. The minimum Gasteiger partial charge on any atom is -0.364 e. The van der Waals surface area contributed by atoms with Crippen LogP contribution in [0.3, 0.4) is 0 Å². The van der Waals surface area contributed by atoms with E-state index in [4.69, 9.17) is 10.5 Å². The summed E-state index contributed by atoms with van der Waals surface area (Å²) in [6, 6.07) is 6.26. The number of rotatable bonds is 6. The molecule has 9 heteroatoms. The summed E-state index contributed by atoms with van der Waals surface area (Å²) < 4.78 is 31.2. The Balaban J connectivity index is 0.00000312. The molecule has 1 aromatic carbocycles. The molecule has 2 rings (SSSR count).